The molecule has 6 heteroatoms. The maximum atomic E-state index is 12.5. The minimum Gasteiger partial charge on any atom is -0.374 e. The Morgan fingerprint density at radius 2 is 2.00 bits per heavy atom. The molecule has 1 fully saturated rings. The number of morpholine rings is 1. The molecule has 0 bridgehead atoms. The maximum absolute atomic E-state index is 12.5. The van der Waals surface area contributed by atoms with Crippen LogP contribution in [0.3, 0.4) is 0 Å². The fraction of sp³-hybridized carbons (Fsp3) is 0.571. The number of hydrogen-bond donors (Lipinski definition) is 1. The van der Waals surface area contributed by atoms with Crippen molar-refractivity contribution >= 4 is 0 Å². The van der Waals surface area contributed by atoms with E-state index in [0.717, 1.165) is 25.2 Å². The monoisotopic (exact) mass is 288 g/mol. The lowest BCUT2D eigenvalue weighted by molar-refractivity contribution is -0.137. The van der Waals surface area contributed by atoms with Crippen LogP contribution in [0.1, 0.15) is 24.1 Å². The molecule has 0 amide bonds. The zero-order valence-corrected chi connectivity index (χ0v) is 11.4. The van der Waals surface area contributed by atoms with Crippen molar-refractivity contribution < 1.29 is 17.9 Å². The van der Waals surface area contributed by atoms with Crippen molar-refractivity contribution in [3.63, 3.8) is 0 Å². The van der Waals surface area contributed by atoms with Gasteiger partial charge in [0.15, 0.2) is 0 Å². The van der Waals surface area contributed by atoms with Crippen LogP contribution in [-0.2, 0) is 10.9 Å². The van der Waals surface area contributed by atoms with E-state index in [9.17, 15) is 13.2 Å². The SMILES string of the molecule is CCN1CCOC(C(N)c2ccc(C(F)(F)F)cc2)C1. The summed E-state index contributed by atoms with van der Waals surface area (Å²) in [5.41, 5.74) is 6.12. The molecule has 0 aromatic heterocycles. The fourth-order valence-electron chi connectivity index (χ4n) is 2.35. The Hall–Kier alpha value is -1.11. The summed E-state index contributed by atoms with van der Waals surface area (Å²) in [6, 6.07) is 4.58. The Morgan fingerprint density at radius 1 is 1.35 bits per heavy atom. The quantitative estimate of drug-likeness (QED) is 0.928. The lowest BCUT2D eigenvalue weighted by Crippen LogP contribution is -2.46. The molecule has 0 aliphatic carbocycles. The van der Waals surface area contributed by atoms with E-state index < -0.39 is 17.8 Å². The summed E-state index contributed by atoms with van der Waals surface area (Å²) < 4.78 is 43.2. The molecular weight excluding hydrogens is 269 g/mol. The van der Waals surface area contributed by atoms with E-state index in [4.69, 9.17) is 10.5 Å². The van der Waals surface area contributed by atoms with Gasteiger partial charge in [-0.2, -0.15) is 13.2 Å². The molecule has 2 atom stereocenters. The first-order valence-electron chi connectivity index (χ1n) is 6.68. The Kier molecular flexibility index (Phi) is 4.67. The lowest BCUT2D eigenvalue weighted by Gasteiger charge is -2.35. The third-order valence-corrected chi connectivity index (χ3v) is 3.65. The van der Waals surface area contributed by atoms with E-state index in [1.165, 1.54) is 12.1 Å². The van der Waals surface area contributed by atoms with Gasteiger partial charge in [-0.3, -0.25) is 4.90 Å². The molecule has 112 valence electrons. The van der Waals surface area contributed by atoms with Crippen LogP contribution in [0, 0.1) is 0 Å². The summed E-state index contributed by atoms with van der Waals surface area (Å²) in [4.78, 5) is 2.22. The molecule has 0 saturated carbocycles. The van der Waals surface area contributed by atoms with Gasteiger partial charge in [-0.25, -0.2) is 0 Å². The first kappa shape index (κ1) is 15.3. The van der Waals surface area contributed by atoms with Crippen molar-refractivity contribution in [1.82, 2.24) is 4.90 Å². The number of benzene rings is 1. The summed E-state index contributed by atoms with van der Waals surface area (Å²) in [7, 11) is 0. The molecule has 1 aromatic carbocycles. The largest absolute Gasteiger partial charge is 0.416 e. The molecule has 20 heavy (non-hydrogen) atoms. The Labute approximate surface area is 116 Å². The first-order chi connectivity index (χ1) is 9.41. The van der Waals surface area contributed by atoms with Gasteiger partial charge in [0, 0.05) is 13.1 Å². The van der Waals surface area contributed by atoms with E-state index >= 15 is 0 Å². The number of nitrogens with zero attached hydrogens (tertiary/aromatic N) is 1. The molecule has 2 rings (SSSR count). The highest BCUT2D eigenvalue weighted by atomic mass is 19.4. The van der Waals surface area contributed by atoms with Crippen LogP contribution in [0.15, 0.2) is 24.3 Å². The molecule has 2 unspecified atom stereocenters. The Balaban J connectivity index is 2.07. The standard InChI is InChI=1S/C14H19F3N2O/c1-2-19-7-8-20-12(9-19)13(18)10-3-5-11(6-4-10)14(15,16)17/h3-6,12-13H,2,7-9,18H2,1H3. The number of ether oxygens (including phenoxy) is 1. The molecule has 0 spiro atoms. The van der Waals surface area contributed by atoms with E-state index in [0.29, 0.717) is 18.7 Å². The number of rotatable bonds is 3. The summed E-state index contributed by atoms with van der Waals surface area (Å²) in [6.07, 6.45) is -4.50. The molecule has 1 aliphatic heterocycles. The number of likely N-dealkylation sites (N-methyl/N-ethyl adjacent to an activating group) is 1. The number of hydrogen-bond acceptors (Lipinski definition) is 3. The van der Waals surface area contributed by atoms with Gasteiger partial charge in [-0.1, -0.05) is 19.1 Å². The van der Waals surface area contributed by atoms with Crippen LogP contribution in [0.25, 0.3) is 0 Å². The van der Waals surface area contributed by atoms with Crippen LogP contribution in [0.5, 0.6) is 0 Å². The van der Waals surface area contributed by atoms with Crippen LogP contribution in [0.2, 0.25) is 0 Å². The third kappa shape index (κ3) is 3.50. The van der Waals surface area contributed by atoms with Crippen molar-refractivity contribution in [3.8, 4) is 0 Å². The molecule has 0 radical (unpaired) electrons. The van der Waals surface area contributed by atoms with Gasteiger partial charge in [-0.15, -0.1) is 0 Å². The zero-order chi connectivity index (χ0) is 14.8. The van der Waals surface area contributed by atoms with E-state index in [2.05, 4.69) is 11.8 Å². The van der Waals surface area contributed by atoms with E-state index in [1.54, 1.807) is 0 Å². The topological polar surface area (TPSA) is 38.5 Å². The fourth-order valence-corrected chi connectivity index (χ4v) is 2.35. The molecule has 1 aliphatic rings. The predicted octanol–water partition coefficient (Wildman–Crippen LogP) is 2.43. The third-order valence-electron chi connectivity index (χ3n) is 3.65. The summed E-state index contributed by atoms with van der Waals surface area (Å²) >= 11 is 0. The molecular formula is C14H19F3N2O. The minimum absolute atomic E-state index is 0.180. The summed E-state index contributed by atoms with van der Waals surface area (Å²) in [5.74, 6) is 0. The number of nitrogens with two attached hydrogens (primary N) is 1. The van der Waals surface area contributed by atoms with Gasteiger partial charge in [-0.05, 0) is 24.2 Å². The minimum atomic E-state index is -4.32. The predicted molar refractivity (Wildman–Crippen MR) is 70.2 cm³/mol. The van der Waals surface area contributed by atoms with Crippen LogP contribution < -0.4 is 5.73 Å². The molecule has 1 saturated heterocycles. The average molecular weight is 288 g/mol. The highest BCUT2D eigenvalue weighted by Crippen LogP contribution is 2.30. The highest BCUT2D eigenvalue weighted by Gasteiger charge is 2.31. The van der Waals surface area contributed by atoms with Crippen molar-refractivity contribution in [2.45, 2.75) is 25.2 Å². The number of halogens is 3. The highest BCUT2D eigenvalue weighted by molar-refractivity contribution is 5.27. The van der Waals surface area contributed by atoms with Gasteiger partial charge >= 0.3 is 6.18 Å². The summed E-state index contributed by atoms with van der Waals surface area (Å²) in [6.45, 7) is 5.16. The van der Waals surface area contributed by atoms with Crippen LogP contribution in [-0.4, -0.2) is 37.2 Å². The van der Waals surface area contributed by atoms with Gasteiger partial charge < -0.3 is 10.5 Å². The molecule has 1 heterocycles. The average Bonchev–Trinajstić information content (AvgIpc) is 2.46. The lowest BCUT2D eigenvalue weighted by atomic mass is 9.99. The Bertz CT molecular complexity index is 433. The van der Waals surface area contributed by atoms with Crippen molar-refractivity contribution in [3.05, 3.63) is 35.4 Å². The smallest absolute Gasteiger partial charge is 0.374 e. The summed E-state index contributed by atoms with van der Waals surface area (Å²) in [5, 5.41) is 0. The number of alkyl halides is 3. The van der Waals surface area contributed by atoms with Crippen molar-refractivity contribution in [1.29, 1.82) is 0 Å². The van der Waals surface area contributed by atoms with Gasteiger partial charge in [0.1, 0.15) is 0 Å². The molecule has 2 N–H and O–H groups in total. The Morgan fingerprint density at radius 3 is 2.55 bits per heavy atom. The molecule has 1 aromatic rings. The van der Waals surface area contributed by atoms with Crippen LogP contribution in [0.4, 0.5) is 13.2 Å². The first-order valence-corrected chi connectivity index (χ1v) is 6.68. The van der Waals surface area contributed by atoms with E-state index in [-0.39, 0.29) is 6.10 Å². The maximum Gasteiger partial charge on any atom is 0.416 e. The second kappa shape index (κ2) is 6.11. The van der Waals surface area contributed by atoms with Crippen molar-refractivity contribution in [2.75, 3.05) is 26.2 Å². The van der Waals surface area contributed by atoms with Gasteiger partial charge in [0.25, 0.3) is 0 Å². The zero-order valence-electron chi connectivity index (χ0n) is 11.4. The molecule has 3 nitrogen and oxygen atoms in total. The van der Waals surface area contributed by atoms with Crippen molar-refractivity contribution in [2.24, 2.45) is 5.73 Å². The van der Waals surface area contributed by atoms with Gasteiger partial charge in [0.05, 0.1) is 24.3 Å². The normalized spacial score (nSPS) is 22.8. The van der Waals surface area contributed by atoms with Crippen LogP contribution >= 0.6 is 0 Å². The van der Waals surface area contributed by atoms with Gasteiger partial charge in [0.2, 0.25) is 0 Å². The second-order valence-electron chi connectivity index (χ2n) is 4.95. The second-order valence-corrected chi connectivity index (χ2v) is 4.95. The van der Waals surface area contributed by atoms with E-state index in [1.807, 2.05) is 0 Å².